The number of aromatic nitrogens is 2. The van der Waals surface area contributed by atoms with Crippen LogP contribution in [0.25, 0.3) is 0 Å². The van der Waals surface area contributed by atoms with Crippen molar-refractivity contribution in [3.63, 3.8) is 0 Å². The molecule has 2 aromatic rings. The van der Waals surface area contributed by atoms with E-state index in [9.17, 15) is 4.39 Å². The third kappa shape index (κ3) is 3.62. The van der Waals surface area contributed by atoms with Crippen molar-refractivity contribution in [1.29, 1.82) is 0 Å². The molecule has 0 aliphatic carbocycles. The smallest absolute Gasteiger partial charge is 0.124 e. The molecule has 1 unspecified atom stereocenters. The maximum absolute atomic E-state index is 13.4. The molecule has 0 spiro atoms. The van der Waals surface area contributed by atoms with Gasteiger partial charge in [0.2, 0.25) is 0 Å². The fourth-order valence-electron chi connectivity index (χ4n) is 2.03. The van der Waals surface area contributed by atoms with E-state index in [2.05, 4.69) is 26.3 Å². The first-order valence-electron chi connectivity index (χ1n) is 5.98. The van der Waals surface area contributed by atoms with Crippen molar-refractivity contribution < 1.29 is 4.39 Å². The van der Waals surface area contributed by atoms with Gasteiger partial charge in [-0.2, -0.15) is 0 Å². The van der Waals surface area contributed by atoms with Gasteiger partial charge in [-0.25, -0.2) is 9.37 Å². The molecule has 3 N–H and O–H groups in total. The van der Waals surface area contributed by atoms with Crippen LogP contribution in [-0.4, -0.2) is 9.55 Å². The maximum Gasteiger partial charge on any atom is 0.124 e. The van der Waals surface area contributed by atoms with Gasteiger partial charge in [0.15, 0.2) is 0 Å². The van der Waals surface area contributed by atoms with E-state index in [0.717, 1.165) is 24.2 Å². The molecule has 0 saturated carbocycles. The Kier molecular flexibility index (Phi) is 4.68. The lowest BCUT2D eigenvalue weighted by molar-refractivity contribution is 0.502. The van der Waals surface area contributed by atoms with Crippen LogP contribution in [0.1, 0.15) is 23.9 Å². The van der Waals surface area contributed by atoms with Crippen LogP contribution in [0.15, 0.2) is 35.1 Å². The van der Waals surface area contributed by atoms with Crippen LogP contribution < -0.4 is 11.3 Å². The summed E-state index contributed by atoms with van der Waals surface area (Å²) in [6, 6.07) is 4.68. The second kappa shape index (κ2) is 6.27. The summed E-state index contributed by atoms with van der Waals surface area (Å²) in [5.41, 5.74) is 3.55. The van der Waals surface area contributed by atoms with Gasteiger partial charge in [0.05, 0.1) is 0 Å². The lowest BCUT2D eigenvalue weighted by Gasteiger charge is -2.16. The molecule has 1 aromatic carbocycles. The second-order valence-corrected chi connectivity index (χ2v) is 5.33. The lowest BCUT2D eigenvalue weighted by atomic mass is 10.0. The molecule has 0 amide bonds. The number of aryl methyl sites for hydroxylation is 2. The molecule has 0 saturated heterocycles. The largest absolute Gasteiger partial charge is 0.338 e. The fraction of sp³-hybridized carbons (Fsp3) is 0.308. The van der Waals surface area contributed by atoms with Crippen molar-refractivity contribution in [2.24, 2.45) is 12.9 Å². The number of imidazole rings is 1. The molecule has 0 aliphatic heterocycles. The predicted octanol–water partition coefficient (Wildman–Crippen LogP) is 2.46. The first kappa shape index (κ1) is 14.2. The van der Waals surface area contributed by atoms with Crippen LogP contribution in [0.4, 0.5) is 4.39 Å². The number of nitrogens with zero attached hydrogens (tertiary/aromatic N) is 2. The molecule has 4 nitrogen and oxygen atoms in total. The number of benzene rings is 1. The molecule has 19 heavy (non-hydrogen) atoms. The Morgan fingerprint density at radius 2 is 2.26 bits per heavy atom. The van der Waals surface area contributed by atoms with E-state index in [-0.39, 0.29) is 11.9 Å². The molecule has 0 bridgehead atoms. The predicted molar refractivity (Wildman–Crippen MR) is 75.7 cm³/mol. The minimum Gasteiger partial charge on any atom is -0.338 e. The van der Waals surface area contributed by atoms with Crippen LogP contribution >= 0.6 is 15.9 Å². The SMILES string of the molecule is Cn1ccnc1CCC(NN)c1cc(F)cc(Br)c1. The van der Waals surface area contributed by atoms with Crippen molar-refractivity contribution >= 4 is 15.9 Å². The fourth-order valence-corrected chi connectivity index (χ4v) is 2.52. The number of rotatable bonds is 5. The van der Waals surface area contributed by atoms with Gasteiger partial charge < -0.3 is 4.57 Å². The topological polar surface area (TPSA) is 55.9 Å². The summed E-state index contributed by atoms with van der Waals surface area (Å²) in [6.07, 6.45) is 5.18. The Morgan fingerprint density at radius 3 is 2.84 bits per heavy atom. The van der Waals surface area contributed by atoms with Crippen LogP contribution in [-0.2, 0) is 13.5 Å². The molecule has 102 valence electrons. The first-order valence-corrected chi connectivity index (χ1v) is 6.77. The summed E-state index contributed by atoms with van der Waals surface area (Å²) in [7, 11) is 1.95. The van der Waals surface area contributed by atoms with Gasteiger partial charge in [-0.3, -0.25) is 11.3 Å². The van der Waals surface area contributed by atoms with Gasteiger partial charge >= 0.3 is 0 Å². The highest BCUT2D eigenvalue weighted by molar-refractivity contribution is 9.10. The van der Waals surface area contributed by atoms with Crippen LogP contribution in [0.3, 0.4) is 0 Å². The van der Waals surface area contributed by atoms with E-state index < -0.39 is 0 Å². The maximum atomic E-state index is 13.4. The Hall–Kier alpha value is -1.24. The third-order valence-electron chi connectivity index (χ3n) is 3.07. The number of halogens is 2. The summed E-state index contributed by atoms with van der Waals surface area (Å²) in [5.74, 6) is 6.27. The van der Waals surface area contributed by atoms with E-state index in [1.807, 2.05) is 23.9 Å². The third-order valence-corrected chi connectivity index (χ3v) is 3.52. The zero-order valence-corrected chi connectivity index (χ0v) is 12.2. The van der Waals surface area contributed by atoms with Gasteiger partial charge in [-0.1, -0.05) is 15.9 Å². The summed E-state index contributed by atoms with van der Waals surface area (Å²) >= 11 is 3.29. The number of nitrogens with two attached hydrogens (primary N) is 1. The minimum absolute atomic E-state index is 0.108. The van der Waals surface area contributed by atoms with E-state index in [1.54, 1.807) is 6.20 Å². The molecule has 1 atom stereocenters. The summed E-state index contributed by atoms with van der Waals surface area (Å²) in [6.45, 7) is 0. The molecular formula is C13H16BrFN4. The van der Waals surface area contributed by atoms with Gasteiger partial charge in [0, 0.05) is 36.4 Å². The second-order valence-electron chi connectivity index (χ2n) is 4.42. The summed E-state index contributed by atoms with van der Waals surface area (Å²) < 4.78 is 16.1. The normalized spacial score (nSPS) is 12.6. The molecular weight excluding hydrogens is 311 g/mol. The van der Waals surface area contributed by atoms with Crippen molar-refractivity contribution in [3.05, 3.63) is 52.3 Å². The quantitative estimate of drug-likeness (QED) is 0.655. The summed E-state index contributed by atoms with van der Waals surface area (Å²) in [5, 5.41) is 0. The zero-order chi connectivity index (χ0) is 13.8. The molecule has 6 heteroatoms. The van der Waals surface area contributed by atoms with E-state index in [0.29, 0.717) is 4.47 Å². The minimum atomic E-state index is -0.276. The van der Waals surface area contributed by atoms with Gasteiger partial charge in [0.25, 0.3) is 0 Å². The van der Waals surface area contributed by atoms with Crippen LogP contribution in [0.5, 0.6) is 0 Å². The van der Waals surface area contributed by atoms with E-state index in [4.69, 9.17) is 5.84 Å². The Morgan fingerprint density at radius 1 is 1.47 bits per heavy atom. The van der Waals surface area contributed by atoms with E-state index in [1.165, 1.54) is 12.1 Å². The zero-order valence-electron chi connectivity index (χ0n) is 10.6. The summed E-state index contributed by atoms with van der Waals surface area (Å²) in [4.78, 5) is 4.26. The average molecular weight is 327 g/mol. The van der Waals surface area contributed by atoms with Crippen molar-refractivity contribution in [3.8, 4) is 0 Å². The number of hydrogen-bond donors (Lipinski definition) is 2. The van der Waals surface area contributed by atoms with Crippen LogP contribution in [0.2, 0.25) is 0 Å². The Labute approximate surface area is 119 Å². The monoisotopic (exact) mass is 326 g/mol. The van der Waals surface area contributed by atoms with Crippen LogP contribution in [0, 0.1) is 5.82 Å². The van der Waals surface area contributed by atoms with Crippen molar-refractivity contribution in [1.82, 2.24) is 15.0 Å². The molecule has 0 aliphatic rings. The van der Waals surface area contributed by atoms with Crippen molar-refractivity contribution in [2.45, 2.75) is 18.9 Å². The Balaban J connectivity index is 2.09. The van der Waals surface area contributed by atoms with Crippen molar-refractivity contribution in [2.75, 3.05) is 0 Å². The van der Waals surface area contributed by atoms with Gasteiger partial charge in [0.1, 0.15) is 11.6 Å². The highest BCUT2D eigenvalue weighted by Crippen LogP contribution is 2.23. The highest BCUT2D eigenvalue weighted by atomic mass is 79.9. The molecule has 2 rings (SSSR count). The molecule has 0 fully saturated rings. The van der Waals surface area contributed by atoms with Gasteiger partial charge in [-0.05, 0) is 30.2 Å². The number of hydrogen-bond acceptors (Lipinski definition) is 3. The molecule has 1 heterocycles. The van der Waals surface area contributed by atoms with Gasteiger partial charge in [-0.15, -0.1) is 0 Å². The highest BCUT2D eigenvalue weighted by Gasteiger charge is 2.13. The molecule has 0 radical (unpaired) electrons. The lowest BCUT2D eigenvalue weighted by Crippen LogP contribution is -2.28. The molecule has 1 aromatic heterocycles. The average Bonchev–Trinajstić information content (AvgIpc) is 2.75. The number of hydrazine groups is 1. The number of nitrogens with one attached hydrogen (secondary N) is 1. The van der Waals surface area contributed by atoms with E-state index >= 15 is 0 Å². The first-order chi connectivity index (χ1) is 9.10. The standard InChI is InChI=1S/C13H16BrFN4/c1-19-5-4-17-13(19)3-2-12(18-16)9-6-10(14)8-11(15)7-9/h4-8,12,18H,2-3,16H2,1H3. The Bertz CT molecular complexity index is 535.